The molecule has 13 heavy (non-hydrogen) atoms. The molecule has 0 aromatic heterocycles. The summed E-state index contributed by atoms with van der Waals surface area (Å²) in [5.74, 6) is 0.630. The topological polar surface area (TPSA) is 49.4 Å². The number of carbonyl (C=O) groups excluding carboxylic acids is 2. The number of rotatable bonds is 3. The minimum Gasteiger partial charge on any atom is -0.326 e. The maximum absolute atomic E-state index is 11.6. The van der Waals surface area contributed by atoms with Crippen molar-refractivity contribution >= 4 is 11.9 Å². The van der Waals surface area contributed by atoms with Gasteiger partial charge in [-0.25, -0.2) is 4.79 Å². The maximum atomic E-state index is 11.6. The second-order valence-electron chi connectivity index (χ2n) is 3.76. The Morgan fingerprint density at radius 1 is 1.46 bits per heavy atom. The summed E-state index contributed by atoms with van der Waals surface area (Å²) in [6, 6.07) is -0.460. The normalized spacial score (nSPS) is 28.1. The fourth-order valence-electron chi connectivity index (χ4n) is 1.72. The number of carbonyl (C=O) groups is 2. The molecule has 1 aliphatic heterocycles. The van der Waals surface area contributed by atoms with E-state index >= 15 is 0 Å². The van der Waals surface area contributed by atoms with Crippen LogP contribution < -0.4 is 5.32 Å². The average molecular weight is 182 g/mol. The van der Waals surface area contributed by atoms with Crippen LogP contribution in [0.3, 0.4) is 0 Å². The van der Waals surface area contributed by atoms with Crippen LogP contribution in [0.2, 0.25) is 0 Å². The first kappa shape index (κ1) is 8.53. The van der Waals surface area contributed by atoms with Crippen molar-refractivity contribution in [1.82, 2.24) is 10.2 Å². The molecule has 2 rings (SSSR count). The van der Waals surface area contributed by atoms with Gasteiger partial charge in [-0.05, 0) is 19.3 Å². The lowest BCUT2D eigenvalue weighted by Gasteiger charge is -2.08. The molecule has 0 aromatic rings. The zero-order valence-electron chi connectivity index (χ0n) is 7.75. The summed E-state index contributed by atoms with van der Waals surface area (Å²) >= 11 is 0. The van der Waals surface area contributed by atoms with Gasteiger partial charge in [0.2, 0.25) is 0 Å². The molecule has 2 fully saturated rings. The van der Waals surface area contributed by atoms with E-state index in [9.17, 15) is 9.59 Å². The summed E-state index contributed by atoms with van der Waals surface area (Å²) < 4.78 is 0. The maximum Gasteiger partial charge on any atom is 0.324 e. The monoisotopic (exact) mass is 182 g/mol. The molecular formula is C9H14N2O2. The smallest absolute Gasteiger partial charge is 0.324 e. The van der Waals surface area contributed by atoms with E-state index in [-0.39, 0.29) is 18.0 Å². The highest BCUT2D eigenvalue weighted by Crippen LogP contribution is 2.34. The standard InChI is InChI=1S/C9H14N2O2/c1-2-11-8(12)7(10-9(11)13)5-6-3-4-6/h6-7H,2-5H2,1H3,(H,10,13). The first-order valence-electron chi connectivity index (χ1n) is 4.84. The van der Waals surface area contributed by atoms with Crippen LogP contribution in [0.5, 0.6) is 0 Å². The molecule has 1 N–H and O–H groups in total. The third kappa shape index (κ3) is 1.53. The number of nitrogens with one attached hydrogen (secondary N) is 1. The summed E-state index contributed by atoms with van der Waals surface area (Å²) in [4.78, 5) is 24.1. The molecule has 4 nitrogen and oxygen atoms in total. The van der Waals surface area contributed by atoms with Gasteiger partial charge in [0.15, 0.2) is 0 Å². The molecule has 0 aromatic carbocycles. The van der Waals surface area contributed by atoms with E-state index in [1.54, 1.807) is 0 Å². The summed E-state index contributed by atoms with van der Waals surface area (Å²) in [6.07, 6.45) is 3.26. The Hall–Kier alpha value is -1.06. The Bertz CT molecular complexity index is 248. The van der Waals surface area contributed by atoms with Gasteiger partial charge in [-0.15, -0.1) is 0 Å². The van der Waals surface area contributed by atoms with Gasteiger partial charge in [0, 0.05) is 6.54 Å². The van der Waals surface area contributed by atoms with E-state index in [0.29, 0.717) is 12.5 Å². The number of hydrogen-bond donors (Lipinski definition) is 1. The number of amides is 3. The summed E-state index contributed by atoms with van der Waals surface area (Å²) in [7, 11) is 0. The Kier molecular flexibility index (Phi) is 1.98. The van der Waals surface area contributed by atoms with Crippen molar-refractivity contribution < 1.29 is 9.59 Å². The second-order valence-corrected chi connectivity index (χ2v) is 3.76. The first-order valence-corrected chi connectivity index (χ1v) is 4.84. The fraction of sp³-hybridized carbons (Fsp3) is 0.778. The van der Waals surface area contributed by atoms with Crippen LogP contribution in [0.15, 0.2) is 0 Å². The molecule has 1 saturated carbocycles. The molecule has 0 radical (unpaired) electrons. The van der Waals surface area contributed by atoms with Gasteiger partial charge in [-0.1, -0.05) is 12.8 Å². The molecule has 0 spiro atoms. The molecule has 1 aliphatic carbocycles. The van der Waals surface area contributed by atoms with Crippen LogP contribution in [-0.2, 0) is 4.79 Å². The van der Waals surface area contributed by atoms with Crippen molar-refractivity contribution in [3.63, 3.8) is 0 Å². The Balaban J connectivity index is 1.98. The zero-order valence-corrected chi connectivity index (χ0v) is 7.75. The van der Waals surface area contributed by atoms with E-state index in [2.05, 4.69) is 5.32 Å². The molecule has 2 aliphatic rings. The number of likely N-dealkylation sites (N-methyl/N-ethyl adjacent to an activating group) is 1. The minimum absolute atomic E-state index is 0.0422. The van der Waals surface area contributed by atoms with Crippen LogP contribution in [0, 0.1) is 5.92 Å². The van der Waals surface area contributed by atoms with Crippen LogP contribution in [0.4, 0.5) is 4.79 Å². The highest BCUT2D eigenvalue weighted by molar-refractivity contribution is 6.04. The number of nitrogens with zero attached hydrogens (tertiary/aromatic N) is 1. The first-order chi connectivity index (χ1) is 6.22. The van der Waals surface area contributed by atoms with E-state index in [4.69, 9.17) is 0 Å². The Morgan fingerprint density at radius 3 is 2.62 bits per heavy atom. The van der Waals surface area contributed by atoms with E-state index < -0.39 is 0 Å². The third-order valence-electron chi connectivity index (χ3n) is 2.69. The van der Waals surface area contributed by atoms with Gasteiger partial charge in [-0.2, -0.15) is 0 Å². The number of urea groups is 1. The van der Waals surface area contributed by atoms with E-state index in [0.717, 1.165) is 6.42 Å². The second kappa shape index (κ2) is 3.01. The van der Waals surface area contributed by atoms with Crippen LogP contribution in [0.1, 0.15) is 26.2 Å². The summed E-state index contributed by atoms with van der Waals surface area (Å²) in [5, 5.41) is 2.71. The largest absolute Gasteiger partial charge is 0.326 e. The summed E-state index contributed by atoms with van der Waals surface area (Å²) in [5.41, 5.74) is 0. The predicted molar refractivity (Wildman–Crippen MR) is 47.0 cm³/mol. The zero-order chi connectivity index (χ0) is 9.42. The van der Waals surface area contributed by atoms with Gasteiger partial charge in [-0.3, -0.25) is 9.69 Å². The lowest BCUT2D eigenvalue weighted by Crippen LogP contribution is -2.31. The van der Waals surface area contributed by atoms with Crippen LogP contribution in [0.25, 0.3) is 0 Å². The van der Waals surface area contributed by atoms with Crippen molar-refractivity contribution in [3.8, 4) is 0 Å². The van der Waals surface area contributed by atoms with Crippen molar-refractivity contribution in [2.24, 2.45) is 5.92 Å². The molecule has 3 amide bonds. The lowest BCUT2D eigenvalue weighted by molar-refractivity contribution is -0.127. The molecule has 0 bridgehead atoms. The lowest BCUT2D eigenvalue weighted by atomic mass is 10.1. The van der Waals surface area contributed by atoms with Crippen molar-refractivity contribution in [2.75, 3.05) is 6.54 Å². The van der Waals surface area contributed by atoms with E-state index in [1.165, 1.54) is 17.7 Å². The van der Waals surface area contributed by atoms with Gasteiger partial charge >= 0.3 is 6.03 Å². The van der Waals surface area contributed by atoms with Crippen molar-refractivity contribution in [1.29, 1.82) is 0 Å². The van der Waals surface area contributed by atoms with Crippen molar-refractivity contribution in [2.45, 2.75) is 32.2 Å². The fourth-order valence-corrected chi connectivity index (χ4v) is 1.72. The number of hydrogen-bond acceptors (Lipinski definition) is 2. The third-order valence-corrected chi connectivity index (χ3v) is 2.69. The molecule has 4 heteroatoms. The predicted octanol–water partition coefficient (Wildman–Crippen LogP) is 0.727. The molecule has 1 heterocycles. The Morgan fingerprint density at radius 2 is 2.15 bits per heavy atom. The molecular weight excluding hydrogens is 168 g/mol. The molecule has 1 atom stereocenters. The minimum atomic E-state index is -0.236. The molecule has 1 saturated heterocycles. The van der Waals surface area contributed by atoms with Crippen molar-refractivity contribution in [3.05, 3.63) is 0 Å². The average Bonchev–Trinajstić information content (AvgIpc) is 2.83. The number of imide groups is 1. The van der Waals surface area contributed by atoms with E-state index in [1.807, 2.05) is 6.92 Å². The highest BCUT2D eigenvalue weighted by atomic mass is 16.2. The Labute approximate surface area is 77.3 Å². The van der Waals surface area contributed by atoms with Crippen LogP contribution in [-0.4, -0.2) is 29.4 Å². The SMILES string of the molecule is CCN1C(=O)NC(CC2CC2)C1=O. The van der Waals surface area contributed by atoms with Crippen LogP contribution >= 0.6 is 0 Å². The van der Waals surface area contributed by atoms with Gasteiger partial charge in [0.25, 0.3) is 5.91 Å². The molecule has 1 unspecified atom stereocenters. The van der Waals surface area contributed by atoms with Gasteiger partial charge in [0.1, 0.15) is 6.04 Å². The molecule has 72 valence electrons. The quantitative estimate of drug-likeness (QED) is 0.654. The highest BCUT2D eigenvalue weighted by Gasteiger charge is 2.39. The van der Waals surface area contributed by atoms with Gasteiger partial charge < -0.3 is 5.32 Å². The summed E-state index contributed by atoms with van der Waals surface area (Å²) in [6.45, 7) is 2.29. The van der Waals surface area contributed by atoms with Gasteiger partial charge in [0.05, 0.1) is 0 Å².